The van der Waals surface area contributed by atoms with Crippen LogP contribution in [0.5, 0.6) is 0 Å². The molecule has 0 bridgehead atoms. The maximum Gasteiger partial charge on any atom is 0.244 e. The Hall–Kier alpha value is -1.56. The fourth-order valence-electron chi connectivity index (χ4n) is 5.26. The zero-order valence-corrected chi connectivity index (χ0v) is 22.9. The molecular weight excluding hydrogens is 544 g/mol. The lowest BCUT2D eigenvalue weighted by molar-refractivity contribution is 0.0342. The first-order chi connectivity index (χ1) is 17.4. The summed E-state index contributed by atoms with van der Waals surface area (Å²) in [5.41, 5.74) is 2.71. The van der Waals surface area contributed by atoms with Crippen LogP contribution in [0.2, 0.25) is 0 Å². The van der Waals surface area contributed by atoms with E-state index < -0.39 is 10.0 Å². The van der Waals surface area contributed by atoms with Crippen molar-refractivity contribution in [2.24, 2.45) is 5.41 Å². The van der Waals surface area contributed by atoms with Gasteiger partial charge in [-0.15, -0.1) is 0 Å². The van der Waals surface area contributed by atoms with E-state index in [0.29, 0.717) is 35.2 Å². The van der Waals surface area contributed by atoms with Crippen LogP contribution < -0.4 is 10.0 Å². The summed E-state index contributed by atoms with van der Waals surface area (Å²) >= 11 is 3.37. The van der Waals surface area contributed by atoms with Gasteiger partial charge in [-0.25, -0.2) is 18.1 Å². The van der Waals surface area contributed by atoms with E-state index in [1.54, 1.807) is 12.3 Å². The molecule has 3 heterocycles. The molecule has 1 aromatic heterocycles. The van der Waals surface area contributed by atoms with E-state index in [1.165, 1.54) is 24.8 Å². The number of ether oxygens (including phenoxy) is 2. The highest BCUT2D eigenvalue weighted by Crippen LogP contribution is 2.49. The molecule has 1 aliphatic carbocycles. The van der Waals surface area contributed by atoms with Gasteiger partial charge in [0.1, 0.15) is 10.7 Å². The number of sulfonamides is 1. The molecule has 0 radical (unpaired) electrons. The van der Waals surface area contributed by atoms with Crippen molar-refractivity contribution in [2.45, 2.75) is 49.6 Å². The number of morpholine rings is 1. The summed E-state index contributed by atoms with van der Waals surface area (Å²) in [5.74, 6) is 0.358. The van der Waals surface area contributed by atoms with Gasteiger partial charge in [-0.3, -0.25) is 4.90 Å². The molecule has 36 heavy (non-hydrogen) atoms. The highest BCUT2D eigenvalue weighted by Gasteiger charge is 2.44. The normalized spacial score (nSPS) is 22.0. The molecule has 10 heteroatoms. The summed E-state index contributed by atoms with van der Waals surface area (Å²) < 4.78 is 41.1. The lowest BCUT2D eigenvalue weighted by Gasteiger charge is -2.36. The summed E-state index contributed by atoms with van der Waals surface area (Å²) in [7, 11) is -3.74. The number of hydrogen-bond donors (Lipinski definition) is 2. The average molecular weight is 580 g/mol. The molecule has 2 aromatic rings. The number of nitrogens with zero attached hydrogens (tertiary/aromatic N) is 2. The van der Waals surface area contributed by atoms with Crippen LogP contribution in [0.4, 0.5) is 5.82 Å². The third-order valence-electron chi connectivity index (χ3n) is 7.54. The standard InChI is InChI=1S/C26H35BrN4O4S/c27-22-14-24(25(28-16-22)29-17-23-15-26(19-35-23)7-1-8-26)36(32,33)30-9-6-20-2-4-21(5-3-20)18-31-10-12-34-13-11-31/h2-5,14,16,23,30H,1,6-13,15,17-19H2,(H,28,29). The lowest BCUT2D eigenvalue weighted by Crippen LogP contribution is -2.35. The summed E-state index contributed by atoms with van der Waals surface area (Å²) in [6, 6.07) is 10.0. The molecule has 2 saturated heterocycles. The highest BCUT2D eigenvalue weighted by atomic mass is 79.9. The number of rotatable bonds is 10. The van der Waals surface area contributed by atoms with Crippen molar-refractivity contribution >= 4 is 31.8 Å². The largest absolute Gasteiger partial charge is 0.379 e. The molecule has 196 valence electrons. The fourth-order valence-corrected chi connectivity index (χ4v) is 6.93. The number of halogens is 1. The molecule has 0 amide bonds. The minimum atomic E-state index is -3.74. The van der Waals surface area contributed by atoms with Crippen LogP contribution in [0.15, 0.2) is 45.9 Å². The Bertz CT molecular complexity index is 1140. The van der Waals surface area contributed by atoms with Crippen molar-refractivity contribution < 1.29 is 17.9 Å². The molecule has 1 aromatic carbocycles. The quantitative estimate of drug-likeness (QED) is 0.445. The molecule has 1 atom stereocenters. The molecule has 1 unspecified atom stereocenters. The van der Waals surface area contributed by atoms with Gasteiger partial charge in [0.05, 0.1) is 25.9 Å². The fraction of sp³-hybridized carbons (Fsp3) is 0.577. The topological polar surface area (TPSA) is 92.8 Å². The molecule has 3 aliphatic rings. The Balaban J connectivity index is 1.14. The molecule has 3 fully saturated rings. The number of pyridine rings is 1. The monoisotopic (exact) mass is 578 g/mol. The third-order valence-corrected chi connectivity index (χ3v) is 9.45. The van der Waals surface area contributed by atoms with E-state index in [0.717, 1.165) is 51.4 Å². The predicted molar refractivity (Wildman–Crippen MR) is 142 cm³/mol. The number of benzene rings is 1. The number of aromatic nitrogens is 1. The maximum absolute atomic E-state index is 13.2. The van der Waals surface area contributed by atoms with E-state index in [9.17, 15) is 8.42 Å². The Morgan fingerprint density at radius 3 is 2.58 bits per heavy atom. The number of anilines is 1. The first-order valence-electron chi connectivity index (χ1n) is 12.8. The van der Waals surface area contributed by atoms with Crippen LogP contribution in [-0.2, 0) is 32.5 Å². The Morgan fingerprint density at radius 2 is 1.89 bits per heavy atom. The second-order valence-electron chi connectivity index (χ2n) is 10.2. The Kier molecular flexibility index (Phi) is 8.29. The van der Waals surface area contributed by atoms with Gasteiger partial charge in [0.15, 0.2) is 0 Å². The van der Waals surface area contributed by atoms with E-state index in [-0.39, 0.29) is 11.0 Å². The van der Waals surface area contributed by atoms with Crippen LogP contribution >= 0.6 is 15.9 Å². The van der Waals surface area contributed by atoms with Gasteiger partial charge in [-0.05, 0) is 64.2 Å². The second-order valence-corrected chi connectivity index (χ2v) is 12.9. The zero-order valence-electron chi connectivity index (χ0n) is 20.5. The van der Waals surface area contributed by atoms with Crippen molar-refractivity contribution in [3.63, 3.8) is 0 Å². The van der Waals surface area contributed by atoms with Crippen LogP contribution in [0.3, 0.4) is 0 Å². The van der Waals surface area contributed by atoms with Crippen molar-refractivity contribution in [3.8, 4) is 0 Å². The van der Waals surface area contributed by atoms with Gasteiger partial charge in [0.2, 0.25) is 10.0 Å². The molecule has 8 nitrogen and oxygen atoms in total. The molecule has 1 saturated carbocycles. The Morgan fingerprint density at radius 1 is 1.14 bits per heavy atom. The van der Waals surface area contributed by atoms with Gasteiger partial charge in [0, 0.05) is 43.4 Å². The highest BCUT2D eigenvalue weighted by molar-refractivity contribution is 9.10. The summed E-state index contributed by atoms with van der Waals surface area (Å²) in [6.45, 7) is 6.08. The Labute approximate surface area is 222 Å². The van der Waals surface area contributed by atoms with E-state index in [2.05, 4.69) is 60.1 Å². The first-order valence-corrected chi connectivity index (χ1v) is 15.1. The van der Waals surface area contributed by atoms with Crippen molar-refractivity contribution in [1.29, 1.82) is 0 Å². The van der Waals surface area contributed by atoms with Gasteiger partial charge >= 0.3 is 0 Å². The molecule has 2 aliphatic heterocycles. The summed E-state index contributed by atoms with van der Waals surface area (Å²) in [5, 5.41) is 3.23. The van der Waals surface area contributed by atoms with Crippen LogP contribution in [-0.4, -0.2) is 70.4 Å². The summed E-state index contributed by atoms with van der Waals surface area (Å²) in [6.07, 6.45) is 7.10. The smallest absolute Gasteiger partial charge is 0.244 e. The zero-order chi connectivity index (χ0) is 25.0. The molecule has 2 N–H and O–H groups in total. The van der Waals surface area contributed by atoms with Gasteiger partial charge in [-0.1, -0.05) is 30.7 Å². The van der Waals surface area contributed by atoms with E-state index >= 15 is 0 Å². The minimum Gasteiger partial charge on any atom is -0.379 e. The average Bonchev–Trinajstić information content (AvgIpc) is 3.30. The third kappa shape index (κ3) is 6.46. The number of nitrogens with one attached hydrogen (secondary N) is 2. The van der Waals surface area contributed by atoms with Crippen LogP contribution in [0.1, 0.15) is 36.8 Å². The van der Waals surface area contributed by atoms with Crippen molar-refractivity contribution in [2.75, 3.05) is 51.3 Å². The van der Waals surface area contributed by atoms with Crippen molar-refractivity contribution in [1.82, 2.24) is 14.6 Å². The summed E-state index contributed by atoms with van der Waals surface area (Å²) in [4.78, 5) is 6.89. The lowest BCUT2D eigenvalue weighted by atomic mass is 9.68. The van der Waals surface area contributed by atoms with E-state index in [4.69, 9.17) is 9.47 Å². The molecule has 1 spiro atoms. The van der Waals surface area contributed by atoms with E-state index in [1.807, 2.05) is 0 Å². The number of hydrogen-bond acceptors (Lipinski definition) is 7. The van der Waals surface area contributed by atoms with Crippen LogP contribution in [0.25, 0.3) is 0 Å². The van der Waals surface area contributed by atoms with Gasteiger partial charge < -0.3 is 14.8 Å². The van der Waals surface area contributed by atoms with Crippen LogP contribution in [0, 0.1) is 5.41 Å². The first kappa shape index (κ1) is 26.1. The molecular formula is C26H35BrN4O4S. The molecule has 5 rings (SSSR count). The minimum absolute atomic E-state index is 0.0884. The van der Waals surface area contributed by atoms with Gasteiger partial charge in [-0.2, -0.15) is 0 Å². The SMILES string of the molecule is O=S(=O)(NCCc1ccc(CN2CCOCC2)cc1)c1cc(Br)cnc1NCC1CC2(CCC2)CO1. The second kappa shape index (κ2) is 11.4. The van der Waals surface area contributed by atoms with Crippen molar-refractivity contribution in [3.05, 3.63) is 52.1 Å². The van der Waals surface area contributed by atoms with Gasteiger partial charge in [0.25, 0.3) is 0 Å². The predicted octanol–water partition coefficient (Wildman–Crippen LogP) is 3.57. The maximum atomic E-state index is 13.2.